The molecule has 0 aromatic carbocycles. The zero-order chi connectivity index (χ0) is 11.4. The summed E-state index contributed by atoms with van der Waals surface area (Å²) in [6, 6.07) is 0.104. The summed E-state index contributed by atoms with van der Waals surface area (Å²) in [5.74, 6) is 1.18. The highest BCUT2D eigenvalue weighted by Gasteiger charge is 2.16. The number of hydrogen-bond acceptors (Lipinski definition) is 3. The SMILES string of the molecule is CCC(C)C(N)c1csc(CC(C)C)n1. The average molecular weight is 226 g/mol. The van der Waals surface area contributed by atoms with E-state index >= 15 is 0 Å². The molecule has 0 amide bonds. The minimum atomic E-state index is 0.104. The van der Waals surface area contributed by atoms with E-state index in [9.17, 15) is 0 Å². The molecule has 2 atom stereocenters. The van der Waals surface area contributed by atoms with Crippen molar-refractivity contribution in [3.8, 4) is 0 Å². The summed E-state index contributed by atoms with van der Waals surface area (Å²) in [5.41, 5.74) is 7.21. The lowest BCUT2D eigenvalue weighted by Gasteiger charge is -2.15. The zero-order valence-electron chi connectivity index (χ0n) is 10.2. The van der Waals surface area contributed by atoms with Crippen molar-refractivity contribution in [2.24, 2.45) is 17.6 Å². The van der Waals surface area contributed by atoms with Gasteiger partial charge in [0.15, 0.2) is 0 Å². The van der Waals surface area contributed by atoms with Gasteiger partial charge in [-0.3, -0.25) is 0 Å². The van der Waals surface area contributed by atoms with Gasteiger partial charge in [-0.1, -0.05) is 34.1 Å². The summed E-state index contributed by atoms with van der Waals surface area (Å²) in [5, 5.41) is 3.34. The highest BCUT2D eigenvalue weighted by atomic mass is 32.1. The van der Waals surface area contributed by atoms with Crippen LogP contribution in [0, 0.1) is 11.8 Å². The van der Waals surface area contributed by atoms with Crippen molar-refractivity contribution >= 4 is 11.3 Å². The van der Waals surface area contributed by atoms with Gasteiger partial charge in [0, 0.05) is 11.8 Å². The fourth-order valence-electron chi connectivity index (χ4n) is 1.47. The van der Waals surface area contributed by atoms with E-state index in [1.807, 2.05) is 0 Å². The molecule has 3 heteroatoms. The summed E-state index contributed by atoms with van der Waals surface area (Å²) in [6.45, 7) is 8.80. The summed E-state index contributed by atoms with van der Waals surface area (Å²) < 4.78 is 0. The Labute approximate surface area is 96.9 Å². The first-order chi connectivity index (χ1) is 7.04. The summed E-state index contributed by atoms with van der Waals surface area (Å²) in [7, 11) is 0. The van der Waals surface area contributed by atoms with E-state index < -0.39 is 0 Å². The lowest BCUT2D eigenvalue weighted by molar-refractivity contribution is 0.449. The molecule has 2 unspecified atom stereocenters. The van der Waals surface area contributed by atoms with Crippen molar-refractivity contribution in [2.75, 3.05) is 0 Å². The van der Waals surface area contributed by atoms with Crippen molar-refractivity contribution in [3.63, 3.8) is 0 Å². The van der Waals surface area contributed by atoms with Gasteiger partial charge in [-0.05, 0) is 11.8 Å². The number of nitrogens with two attached hydrogens (primary N) is 1. The number of rotatable bonds is 5. The van der Waals surface area contributed by atoms with E-state index in [1.54, 1.807) is 11.3 Å². The number of nitrogens with zero attached hydrogens (tertiary/aromatic N) is 1. The maximum Gasteiger partial charge on any atom is 0.0931 e. The summed E-state index contributed by atoms with van der Waals surface area (Å²) in [6.07, 6.45) is 2.18. The van der Waals surface area contributed by atoms with Gasteiger partial charge in [-0.25, -0.2) is 4.98 Å². The van der Waals surface area contributed by atoms with Crippen LogP contribution in [0.25, 0.3) is 0 Å². The van der Waals surface area contributed by atoms with Crippen LogP contribution in [0.2, 0.25) is 0 Å². The molecule has 0 saturated heterocycles. The first kappa shape index (κ1) is 12.7. The highest BCUT2D eigenvalue weighted by Crippen LogP contribution is 2.24. The van der Waals surface area contributed by atoms with Gasteiger partial charge < -0.3 is 5.73 Å². The Morgan fingerprint density at radius 1 is 1.40 bits per heavy atom. The van der Waals surface area contributed by atoms with Crippen molar-refractivity contribution in [3.05, 3.63) is 16.1 Å². The number of hydrogen-bond donors (Lipinski definition) is 1. The van der Waals surface area contributed by atoms with Gasteiger partial charge in [0.2, 0.25) is 0 Å². The van der Waals surface area contributed by atoms with Crippen LogP contribution in [-0.4, -0.2) is 4.98 Å². The van der Waals surface area contributed by atoms with Crippen molar-refractivity contribution in [1.29, 1.82) is 0 Å². The monoisotopic (exact) mass is 226 g/mol. The van der Waals surface area contributed by atoms with Crippen LogP contribution >= 0.6 is 11.3 Å². The molecule has 1 rings (SSSR count). The summed E-state index contributed by atoms with van der Waals surface area (Å²) >= 11 is 1.74. The second-order valence-electron chi connectivity index (χ2n) is 4.68. The fourth-order valence-corrected chi connectivity index (χ4v) is 2.52. The van der Waals surface area contributed by atoms with Gasteiger partial charge in [0.05, 0.1) is 16.7 Å². The molecule has 1 aromatic rings. The Balaban J connectivity index is 2.66. The molecule has 1 aromatic heterocycles. The standard InChI is InChI=1S/C12H22N2S/c1-5-9(4)12(13)10-7-15-11(14-10)6-8(2)3/h7-9,12H,5-6,13H2,1-4H3. The van der Waals surface area contributed by atoms with E-state index in [4.69, 9.17) is 5.73 Å². The Bertz CT molecular complexity index is 294. The zero-order valence-corrected chi connectivity index (χ0v) is 11.0. The van der Waals surface area contributed by atoms with Gasteiger partial charge in [0.25, 0.3) is 0 Å². The molecule has 15 heavy (non-hydrogen) atoms. The molecule has 0 aliphatic carbocycles. The first-order valence-electron chi connectivity index (χ1n) is 5.74. The first-order valence-corrected chi connectivity index (χ1v) is 6.62. The van der Waals surface area contributed by atoms with Gasteiger partial charge in [-0.15, -0.1) is 11.3 Å². The molecule has 0 radical (unpaired) electrons. The van der Waals surface area contributed by atoms with Crippen LogP contribution in [0.4, 0.5) is 0 Å². The van der Waals surface area contributed by atoms with Crippen LogP contribution in [0.15, 0.2) is 5.38 Å². The molecule has 86 valence electrons. The third kappa shape index (κ3) is 3.58. The molecule has 2 nitrogen and oxygen atoms in total. The molecule has 0 saturated carbocycles. The van der Waals surface area contributed by atoms with E-state index in [2.05, 4.69) is 38.1 Å². The van der Waals surface area contributed by atoms with Crippen LogP contribution in [0.5, 0.6) is 0 Å². The molecule has 0 aliphatic heterocycles. The van der Waals surface area contributed by atoms with E-state index in [-0.39, 0.29) is 6.04 Å². The fraction of sp³-hybridized carbons (Fsp3) is 0.750. The minimum Gasteiger partial charge on any atom is -0.322 e. The van der Waals surface area contributed by atoms with Crippen molar-refractivity contribution in [1.82, 2.24) is 4.98 Å². The molecule has 1 heterocycles. The Morgan fingerprint density at radius 2 is 2.07 bits per heavy atom. The second-order valence-corrected chi connectivity index (χ2v) is 5.62. The normalized spacial score (nSPS) is 15.6. The highest BCUT2D eigenvalue weighted by molar-refractivity contribution is 7.09. The second kappa shape index (κ2) is 5.61. The van der Waals surface area contributed by atoms with Gasteiger partial charge in [-0.2, -0.15) is 0 Å². The van der Waals surface area contributed by atoms with E-state index in [0.29, 0.717) is 11.8 Å². The Morgan fingerprint density at radius 3 is 2.60 bits per heavy atom. The van der Waals surface area contributed by atoms with Crippen molar-refractivity contribution in [2.45, 2.75) is 46.6 Å². The molecule has 0 fully saturated rings. The molecular formula is C12H22N2S. The van der Waals surface area contributed by atoms with Gasteiger partial charge in [0.1, 0.15) is 0 Å². The van der Waals surface area contributed by atoms with E-state index in [1.165, 1.54) is 5.01 Å². The maximum atomic E-state index is 6.14. The molecular weight excluding hydrogens is 204 g/mol. The van der Waals surface area contributed by atoms with Crippen LogP contribution in [0.1, 0.15) is 50.9 Å². The van der Waals surface area contributed by atoms with Crippen LogP contribution < -0.4 is 5.73 Å². The van der Waals surface area contributed by atoms with Crippen LogP contribution in [-0.2, 0) is 6.42 Å². The number of thiazole rings is 1. The van der Waals surface area contributed by atoms with Gasteiger partial charge >= 0.3 is 0 Å². The molecule has 0 bridgehead atoms. The predicted molar refractivity (Wildman–Crippen MR) is 67.0 cm³/mol. The Hall–Kier alpha value is -0.410. The lowest BCUT2D eigenvalue weighted by Crippen LogP contribution is -2.18. The third-order valence-electron chi connectivity index (χ3n) is 2.75. The van der Waals surface area contributed by atoms with Crippen LogP contribution in [0.3, 0.4) is 0 Å². The maximum absolute atomic E-state index is 6.14. The quantitative estimate of drug-likeness (QED) is 0.836. The third-order valence-corrected chi connectivity index (χ3v) is 3.64. The average Bonchev–Trinajstić information content (AvgIpc) is 2.63. The Kier molecular flexibility index (Phi) is 4.74. The minimum absolute atomic E-state index is 0.104. The van der Waals surface area contributed by atoms with E-state index in [0.717, 1.165) is 18.5 Å². The number of aromatic nitrogens is 1. The predicted octanol–water partition coefficient (Wildman–Crippen LogP) is 3.39. The molecule has 0 spiro atoms. The largest absolute Gasteiger partial charge is 0.322 e. The molecule has 0 aliphatic rings. The smallest absolute Gasteiger partial charge is 0.0931 e. The van der Waals surface area contributed by atoms with Crippen molar-refractivity contribution < 1.29 is 0 Å². The molecule has 2 N–H and O–H groups in total. The lowest BCUT2D eigenvalue weighted by atomic mass is 9.98. The topological polar surface area (TPSA) is 38.9 Å². The summed E-state index contributed by atoms with van der Waals surface area (Å²) in [4.78, 5) is 4.61.